The quantitative estimate of drug-likeness (QED) is 0.857. The fraction of sp³-hybridized carbons (Fsp3) is 0.368. The van der Waals surface area contributed by atoms with E-state index < -0.39 is 5.97 Å². The number of nitrogens with one attached hydrogen (secondary N) is 1. The summed E-state index contributed by atoms with van der Waals surface area (Å²) in [5.41, 5.74) is 2.32. The van der Waals surface area contributed by atoms with Crippen LogP contribution in [0.3, 0.4) is 0 Å². The number of hydrogen-bond acceptors (Lipinski definition) is 3. The number of benzene rings is 1. The van der Waals surface area contributed by atoms with Gasteiger partial charge in [0, 0.05) is 11.3 Å². The monoisotopic (exact) mass is 343 g/mol. The van der Waals surface area contributed by atoms with Crippen molar-refractivity contribution in [1.29, 1.82) is 0 Å². The highest BCUT2D eigenvalue weighted by atomic mass is 32.1. The van der Waals surface area contributed by atoms with Gasteiger partial charge in [-0.05, 0) is 42.7 Å². The van der Waals surface area contributed by atoms with Gasteiger partial charge in [-0.15, -0.1) is 11.3 Å². The van der Waals surface area contributed by atoms with Gasteiger partial charge in [0.1, 0.15) is 5.00 Å². The molecule has 0 saturated heterocycles. The lowest BCUT2D eigenvalue weighted by Crippen LogP contribution is -2.15. The van der Waals surface area contributed by atoms with Crippen molar-refractivity contribution in [1.82, 2.24) is 0 Å². The third-order valence-corrected chi connectivity index (χ3v) is 5.63. The molecule has 2 N–H and O–H groups in total. The van der Waals surface area contributed by atoms with Crippen molar-refractivity contribution in [3.63, 3.8) is 0 Å². The molecule has 3 rings (SSSR count). The average molecular weight is 343 g/mol. The number of hydrogen-bond donors (Lipinski definition) is 2. The van der Waals surface area contributed by atoms with E-state index in [2.05, 4.69) is 12.2 Å². The highest BCUT2D eigenvalue weighted by Crippen LogP contribution is 2.39. The number of fused-ring (bicyclic) bond motifs is 1. The number of carboxylic acids is 1. The van der Waals surface area contributed by atoms with Crippen LogP contribution in [0.2, 0.25) is 0 Å². The normalized spacial score (nSPS) is 16.5. The Kier molecular flexibility index (Phi) is 5.00. The van der Waals surface area contributed by atoms with Gasteiger partial charge >= 0.3 is 5.97 Å². The SMILES string of the molecule is CC1CCc2c(sc(NC(=O)CCc3ccccc3)c2C(=O)O)C1. The molecular weight excluding hydrogens is 322 g/mol. The van der Waals surface area contributed by atoms with Crippen molar-refractivity contribution in [2.45, 2.75) is 39.0 Å². The van der Waals surface area contributed by atoms with E-state index in [0.717, 1.165) is 35.3 Å². The molecule has 0 bridgehead atoms. The molecule has 0 fully saturated rings. The number of thiophene rings is 1. The topological polar surface area (TPSA) is 66.4 Å². The number of aromatic carboxylic acids is 1. The third kappa shape index (κ3) is 3.67. The van der Waals surface area contributed by atoms with Gasteiger partial charge < -0.3 is 10.4 Å². The van der Waals surface area contributed by atoms with Crippen LogP contribution < -0.4 is 5.32 Å². The number of carboxylic acid groups (broad SMARTS) is 1. The minimum atomic E-state index is -0.944. The van der Waals surface area contributed by atoms with E-state index in [9.17, 15) is 14.7 Å². The summed E-state index contributed by atoms with van der Waals surface area (Å²) in [6, 6.07) is 9.82. The van der Waals surface area contributed by atoms with Crippen LogP contribution in [0.1, 0.15) is 46.1 Å². The lowest BCUT2D eigenvalue weighted by atomic mass is 9.88. The second-order valence-corrected chi connectivity index (χ2v) is 7.50. The first kappa shape index (κ1) is 16.7. The highest BCUT2D eigenvalue weighted by molar-refractivity contribution is 7.17. The van der Waals surface area contributed by atoms with E-state index in [1.807, 2.05) is 30.3 Å². The van der Waals surface area contributed by atoms with Gasteiger partial charge in [-0.25, -0.2) is 4.79 Å². The molecule has 126 valence electrons. The van der Waals surface area contributed by atoms with Gasteiger partial charge in [-0.1, -0.05) is 37.3 Å². The molecule has 5 heteroatoms. The molecule has 0 spiro atoms. The number of carbonyl (C=O) groups excluding carboxylic acids is 1. The van der Waals surface area contributed by atoms with Gasteiger partial charge in [0.2, 0.25) is 5.91 Å². The van der Waals surface area contributed by atoms with E-state index in [1.165, 1.54) is 11.3 Å². The van der Waals surface area contributed by atoms with Crippen LogP contribution in [-0.2, 0) is 24.1 Å². The molecule has 1 atom stereocenters. The average Bonchev–Trinajstić information content (AvgIpc) is 2.90. The van der Waals surface area contributed by atoms with Crippen molar-refractivity contribution in [3.05, 3.63) is 51.9 Å². The van der Waals surface area contributed by atoms with Gasteiger partial charge in [0.05, 0.1) is 5.56 Å². The van der Waals surface area contributed by atoms with E-state index in [4.69, 9.17) is 0 Å². The van der Waals surface area contributed by atoms with Crippen LogP contribution in [0, 0.1) is 5.92 Å². The number of rotatable bonds is 5. The molecule has 1 unspecified atom stereocenters. The molecular formula is C19H21NO3S. The van der Waals surface area contributed by atoms with Crippen LogP contribution >= 0.6 is 11.3 Å². The Labute approximate surface area is 145 Å². The number of amides is 1. The summed E-state index contributed by atoms with van der Waals surface area (Å²) in [4.78, 5) is 25.0. The van der Waals surface area contributed by atoms with Gasteiger partial charge in [-0.2, -0.15) is 0 Å². The third-order valence-electron chi connectivity index (χ3n) is 4.46. The summed E-state index contributed by atoms with van der Waals surface area (Å²) in [6.45, 7) is 2.18. The maximum Gasteiger partial charge on any atom is 0.339 e. The van der Waals surface area contributed by atoms with Gasteiger partial charge in [0.25, 0.3) is 0 Å². The minimum absolute atomic E-state index is 0.131. The van der Waals surface area contributed by atoms with Gasteiger partial charge in [-0.3, -0.25) is 4.79 Å². The number of aryl methyl sites for hydroxylation is 1. The fourth-order valence-corrected chi connectivity index (χ4v) is 4.58. The van der Waals surface area contributed by atoms with Crippen LogP contribution in [0.5, 0.6) is 0 Å². The molecule has 1 aromatic heterocycles. The van der Waals surface area contributed by atoms with Gasteiger partial charge in [0.15, 0.2) is 0 Å². The van der Waals surface area contributed by atoms with E-state index in [-0.39, 0.29) is 5.91 Å². The largest absolute Gasteiger partial charge is 0.478 e. The molecule has 0 aliphatic heterocycles. The Balaban J connectivity index is 1.72. The Morgan fingerprint density at radius 2 is 2.04 bits per heavy atom. The second kappa shape index (κ2) is 7.18. The Bertz CT molecular complexity index is 751. The maximum atomic E-state index is 12.2. The molecule has 0 radical (unpaired) electrons. The summed E-state index contributed by atoms with van der Waals surface area (Å²) >= 11 is 1.43. The van der Waals surface area contributed by atoms with Crippen LogP contribution in [0.4, 0.5) is 5.00 Å². The second-order valence-electron chi connectivity index (χ2n) is 6.39. The molecule has 4 nitrogen and oxygen atoms in total. The van der Waals surface area contributed by atoms with Crippen molar-refractivity contribution in [2.24, 2.45) is 5.92 Å². The molecule has 1 aliphatic rings. The number of anilines is 1. The molecule has 1 amide bonds. The Hall–Kier alpha value is -2.14. The van der Waals surface area contributed by atoms with Crippen LogP contribution in [-0.4, -0.2) is 17.0 Å². The van der Waals surface area contributed by atoms with Crippen molar-refractivity contribution >= 4 is 28.2 Å². The predicted octanol–water partition coefficient (Wildman–Crippen LogP) is 4.14. The zero-order valence-electron chi connectivity index (χ0n) is 13.7. The van der Waals surface area contributed by atoms with E-state index in [0.29, 0.717) is 29.3 Å². The molecule has 2 aromatic rings. The molecule has 1 heterocycles. The Morgan fingerprint density at radius 3 is 2.75 bits per heavy atom. The molecule has 1 aliphatic carbocycles. The zero-order chi connectivity index (χ0) is 17.1. The fourth-order valence-electron chi connectivity index (χ4n) is 3.16. The maximum absolute atomic E-state index is 12.2. The summed E-state index contributed by atoms with van der Waals surface area (Å²) in [7, 11) is 0. The summed E-state index contributed by atoms with van der Waals surface area (Å²) in [5, 5.41) is 12.9. The number of carbonyl (C=O) groups is 2. The van der Waals surface area contributed by atoms with Crippen LogP contribution in [0.25, 0.3) is 0 Å². The minimum Gasteiger partial charge on any atom is -0.478 e. The smallest absolute Gasteiger partial charge is 0.339 e. The highest BCUT2D eigenvalue weighted by Gasteiger charge is 2.28. The van der Waals surface area contributed by atoms with Crippen molar-refractivity contribution in [3.8, 4) is 0 Å². The lowest BCUT2D eigenvalue weighted by Gasteiger charge is -2.17. The van der Waals surface area contributed by atoms with Crippen molar-refractivity contribution in [2.75, 3.05) is 5.32 Å². The lowest BCUT2D eigenvalue weighted by molar-refractivity contribution is -0.116. The van der Waals surface area contributed by atoms with E-state index >= 15 is 0 Å². The first-order valence-electron chi connectivity index (χ1n) is 8.26. The standard InChI is InChI=1S/C19H21NO3S/c1-12-7-9-14-15(11-12)24-18(17(14)19(22)23)20-16(21)10-8-13-5-3-2-4-6-13/h2-6,12H,7-11H2,1H3,(H,20,21)(H,22,23). The first-order valence-corrected chi connectivity index (χ1v) is 9.08. The Morgan fingerprint density at radius 1 is 1.29 bits per heavy atom. The molecule has 0 saturated carbocycles. The van der Waals surface area contributed by atoms with Crippen LogP contribution in [0.15, 0.2) is 30.3 Å². The zero-order valence-corrected chi connectivity index (χ0v) is 14.5. The first-order chi connectivity index (χ1) is 11.5. The summed E-state index contributed by atoms with van der Waals surface area (Å²) in [5.74, 6) is -0.507. The molecule has 1 aromatic carbocycles. The predicted molar refractivity (Wildman–Crippen MR) is 95.9 cm³/mol. The summed E-state index contributed by atoms with van der Waals surface area (Å²) in [6.07, 6.45) is 3.69. The summed E-state index contributed by atoms with van der Waals surface area (Å²) < 4.78 is 0. The van der Waals surface area contributed by atoms with Crippen molar-refractivity contribution < 1.29 is 14.7 Å². The molecule has 24 heavy (non-hydrogen) atoms. The van der Waals surface area contributed by atoms with E-state index in [1.54, 1.807) is 0 Å².